The summed E-state index contributed by atoms with van der Waals surface area (Å²) in [6.07, 6.45) is 2.49. The van der Waals surface area contributed by atoms with Gasteiger partial charge in [-0.2, -0.15) is 0 Å². The SMILES string of the molecule is CS(=O)(=O)c1ncc2c(n1)CN(CC(=O)O)C2. The number of hydrogen-bond donors (Lipinski definition) is 1. The van der Waals surface area contributed by atoms with Crippen molar-refractivity contribution < 1.29 is 18.3 Å². The average molecular weight is 257 g/mol. The first-order chi connectivity index (χ1) is 7.86. The average Bonchev–Trinajstić information content (AvgIpc) is 2.55. The van der Waals surface area contributed by atoms with Gasteiger partial charge in [-0.15, -0.1) is 0 Å². The van der Waals surface area contributed by atoms with E-state index in [0.29, 0.717) is 18.8 Å². The quantitative estimate of drug-likeness (QED) is 0.713. The van der Waals surface area contributed by atoms with Crippen LogP contribution in [0.1, 0.15) is 11.3 Å². The molecule has 0 amide bonds. The van der Waals surface area contributed by atoms with Crippen molar-refractivity contribution in [1.82, 2.24) is 14.9 Å². The number of hydrogen-bond acceptors (Lipinski definition) is 6. The molecule has 2 rings (SSSR count). The van der Waals surface area contributed by atoms with Gasteiger partial charge in [-0.3, -0.25) is 9.69 Å². The predicted octanol–water partition coefficient (Wildman–Crippen LogP) is -0.720. The Hall–Kier alpha value is -1.54. The minimum absolute atomic E-state index is 0.0927. The van der Waals surface area contributed by atoms with Crippen LogP contribution in [0.15, 0.2) is 11.4 Å². The van der Waals surface area contributed by atoms with E-state index in [2.05, 4.69) is 9.97 Å². The van der Waals surface area contributed by atoms with Gasteiger partial charge >= 0.3 is 5.97 Å². The van der Waals surface area contributed by atoms with Crippen molar-refractivity contribution in [3.63, 3.8) is 0 Å². The van der Waals surface area contributed by atoms with Gasteiger partial charge < -0.3 is 5.11 Å². The molecule has 8 heteroatoms. The van der Waals surface area contributed by atoms with Crippen LogP contribution in [0.3, 0.4) is 0 Å². The molecule has 92 valence electrons. The number of aromatic nitrogens is 2. The Balaban J connectivity index is 2.25. The number of rotatable bonds is 3. The van der Waals surface area contributed by atoms with Gasteiger partial charge in [0.2, 0.25) is 15.0 Å². The monoisotopic (exact) mass is 257 g/mol. The molecule has 1 N–H and O–H groups in total. The second-order valence-electron chi connectivity index (χ2n) is 3.94. The molecule has 2 heterocycles. The van der Waals surface area contributed by atoms with Crippen LogP contribution in [0.5, 0.6) is 0 Å². The Morgan fingerprint density at radius 1 is 1.53 bits per heavy atom. The fourth-order valence-electron chi connectivity index (χ4n) is 1.68. The maximum atomic E-state index is 11.3. The number of carboxylic acids is 1. The second-order valence-corrected chi connectivity index (χ2v) is 5.85. The van der Waals surface area contributed by atoms with Gasteiger partial charge in [0.05, 0.1) is 12.2 Å². The van der Waals surface area contributed by atoms with E-state index in [1.54, 1.807) is 4.90 Å². The van der Waals surface area contributed by atoms with E-state index in [-0.39, 0.29) is 11.7 Å². The Bertz CT molecular complexity index is 570. The van der Waals surface area contributed by atoms with Crippen LogP contribution < -0.4 is 0 Å². The minimum Gasteiger partial charge on any atom is -0.480 e. The molecule has 0 saturated carbocycles. The van der Waals surface area contributed by atoms with E-state index < -0.39 is 15.8 Å². The van der Waals surface area contributed by atoms with Crippen molar-refractivity contribution in [3.8, 4) is 0 Å². The van der Waals surface area contributed by atoms with Crippen molar-refractivity contribution in [1.29, 1.82) is 0 Å². The normalized spacial score (nSPS) is 15.8. The Labute approximate surface area is 98.0 Å². The first kappa shape index (κ1) is 11.9. The zero-order chi connectivity index (χ0) is 12.6. The summed E-state index contributed by atoms with van der Waals surface area (Å²) in [6, 6.07) is 0. The zero-order valence-corrected chi connectivity index (χ0v) is 9.94. The van der Waals surface area contributed by atoms with E-state index in [0.717, 1.165) is 11.8 Å². The first-order valence-electron chi connectivity index (χ1n) is 4.85. The topological polar surface area (TPSA) is 100 Å². The molecule has 0 spiro atoms. The third-order valence-electron chi connectivity index (χ3n) is 2.39. The lowest BCUT2D eigenvalue weighted by molar-refractivity contribution is -0.138. The van der Waals surface area contributed by atoms with Crippen molar-refractivity contribution in [2.24, 2.45) is 0 Å². The van der Waals surface area contributed by atoms with Crippen LogP contribution in [-0.2, 0) is 27.7 Å². The fraction of sp³-hybridized carbons (Fsp3) is 0.444. The van der Waals surface area contributed by atoms with Gasteiger partial charge in [0.25, 0.3) is 0 Å². The lowest BCUT2D eigenvalue weighted by Crippen LogP contribution is -2.24. The van der Waals surface area contributed by atoms with E-state index in [9.17, 15) is 13.2 Å². The maximum absolute atomic E-state index is 11.3. The maximum Gasteiger partial charge on any atom is 0.317 e. The fourth-order valence-corrected chi connectivity index (χ4v) is 2.20. The summed E-state index contributed by atoms with van der Waals surface area (Å²) in [5.74, 6) is -0.922. The van der Waals surface area contributed by atoms with Gasteiger partial charge in [0, 0.05) is 31.1 Å². The lowest BCUT2D eigenvalue weighted by Gasteiger charge is -2.09. The molecule has 0 aromatic carbocycles. The Kier molecular flexibility index (Phi) is 2.84. The molecular weight excluding hydrogens is 246 g/mol. The van der Waals surface area contributed by atoms with Gasteiger partial charge in [0.15, 0.2) is 0 Å². The molecule has 0 radical (unpaired) electrons. The molecule has 1 aromatic heterocycles. The first-order valence-corrected chi connectivity index (χ1v) is 6.74. The highest BCUT2D eigenvalue weighted by atomic mass is 32.2. The molecule has 1 aliphatic rings. The summed E-state index contributed by atoms with van der Waals surface area (Å²) in [4.78, 5) is 19.9. The molecule has 1 aliphatic heterocycles. The highest BCUT2D eigenvalue weighted by Crippen LogP contribution is 2.20. The Morgan fingerprint density at radius 3 is 2.82 bits per heavy atom. The zero-order valence-electron chi connectivity index (χ0n) is 9.12. The third-order valence-corrected chi connectivity index (χ3v) is 3.25. The Morgan fingerprint density at radius 2 is 2.24 bits per heavy atom. The van der Waals surface area contributed by atoms with Crippen molar-refractivity contribution >= 4 is 15.8 Å². The van der Waals surface area contributed by atoms with E-state index in [1.807, 2.05) is 0 Å². The van der Waals surface area contributed by atoms with Gasteiger partial charge in [0.1, 0.15) is 0 Å². The standard InChI is InChI=1S/C9H11N3O4S/c1-17(15,16)9-10-2-6-3-12(5-8(13)14)4-7(6)11-9/h2H,3-5H2,1H3,(H,13,14). The molecule has 0 unspecified atom stereocenters. The number of carbonyl (C=O) groups is 1. The molecule has 0 bridgehead atoms. The van der Waals surface area contributed by atoms with E-state index in [1.165, 1.54) is 6.20 Å². The third kappa shape index (κ3) is 2.59. The smallest absolute Gasteiger partial charge is 0.317 e. The molecule has 0 aliphatic carbocycles. The van der Waals surface area contributed by atoms with Crippen molar-refractivity contribution in [2.45, 2.75) is 18.2 Å². The summed E-state index contributed by atoms with van der Waals surface area (Å²) in [7, 11) is -3.42. The van der Waals surface area contributed by atoms with E-state index in [4.69, 9.17) is 5.11 Å². The highest BCUT2D eigenvalue weighted by molar-refractivity contribution is 7.90. The summed E-state index contributed by atoms with van der Waals surface area (Å²) >= 11 is 0. The van der Waals surface area contributed by atoms with Crippen LogP contribution in [0.4, 0.5) is 0 Å². The summed E-state index contributed by atoms with van der Waals surface area (Å²) in [6.45, 7) is 0.683. The number of carboxylic acid groups (broad SMARTS) is 1. The minimum atomic E-state index is -3.42. The number of aliphatic carboxylic acids is 1. The summed E-state index contributed by atoms with van der Waals surface area (Å²) in [5, 5.41) is 8.45. The van der Waals surface area contributed by atoms with Gasteiger partial charge in [-0.1, -0.05) is 0 Å². The summed E-state index contributed by atoms with van der Waals surface area (Å²) in [5.41, 5.74) is 1.36. The molecule has 0 fully saturated rings. The van der Waals surface area contributed by atoms with E-state index >= 15 is 0 Å². The van der Waals surface area contributed by atoms with Gasteiger partial charge in [-0.25, -0.2) is 18.4 Å². The van der Waals surface area contributed by atoms with Crippen LogP contribution in [0.25, 0.3) is 0 Å². The van der Waals surface area contributed by atoms with Crippen molar-refractivity contribution in [2.75, 3.05) is 12.8 Å². The molecule has 0 atom stereocenters. The molecular formula is C9H11N3O4S. The highest BCUT2D eigenvalue weighted by Gasteiger charge is 2.24. The van der Waals surface area contributed by atoms with Crippen LogP contribution in [0, 0.1) is 0 Å². The number of fused-ring (bicyclic) bond motifs is 1. The molecule has 0 saturated heterocycles. The predicted molar refractivity (Wildman–Crippen MR) is 56.9 cm³/mol. The molecule has 1 aromatic rings. The molecule has 7 nitrogen and oxygen atoms in total. The van der Waals surface area contributed by atoms with Crippen LogP contribution in [0.2, 0.25) is 0 Å². The van der Waals surface area contributed by atoms with Crippen LogP contribution >= 0.6 is 0 Å². The largest absolute Gasteiger partial charge is 0.480 e. The number of sulfone groups is 1. The number of nitrogens with zero attached hydrogens (tertiary/aromatic N) is 3. The van der Waals surface area contributed by atoms with Crippen molar-refractivity contribution in [3.05, 3.63) is 17.5 Å². The molecule has 17 heavy (non-hydrogen) atoms. The second kappa shape index (κ2) is 4.04. The summed E-state index contributed by atoms with van der Waals surface area (Å²) < 4.78 is 22.5. The van der Waals surface area contributed by atoms with Gasteiger partial charge in [-0.05, 0) is 0 Å². The van der Waals surface area contributed by atoms with Crippen LogP contribution in [-0.4, -0.2) is 47.2 Å². The lowest BCUT2D eigenvalue weighted by atomic mass is 10.3.